The van der Waals surface area contributed by atoms with E-state index in [-0.39, 0.29) is 18.7 Å². The fraction of sp³-hybridized carbons (Fsp3) is 0.278. The van der Waals surface area contributed by atoms with Crippen LogP contribution < -0.4 is 9.62 Å². The van der Waals surface area contributed by atoms with E-state index in [1.165, 1.54) is 10.4 Å². The number of para-hydroxylation sites is 1. The minimum absolute atomic E-state index is 0.0641. The van der Waals surface area contributed by atoms with Crippen molar-refractivity contribution < 1.29 is 22.0 Å². The summed E-state index contributed by atoms with van der Waals surface area (Å²) in [6, 6.07) is 10.1. The van der Waals surface area contributed by atoms with Crippen LogP contribution in [0.3, 0.4) is 0 Å². The van der Waals surface area contributed by atoms with Crippen LogP contribution in [0.2, 0.25) is 0 Å². The Morgan fingerprint density at radius 1 is 1.12 bits per heavy atom. The van der Waals surface area contributed by atoms with E-state index >= 15 is 0 Å². The Labute approximate surface area is 151 Å². The number of benzene rings is 2. The molecular formula is C18H20F2N2O3S. The van der Waals surface area contributed by atoms with Gasteiger partial charge in [-0.15, -0.1) is 0 Å². The summed E-state index contributed by atoms with van der Waals surface area (Å²) in [6.07, 6.45) is 1.58. The predicted molar refractivity (Wildman–Crippen MR) is 97.6 cm³/mol. The Morgan fingerprint density at radius 3 is 2.42 bits per heavy atom. The highest BCUT2D eigenvalue weighted by atomic mass is 32.2. The van der Waals surface area contributed by atoms with Gasteiger partial charge >= 0.3 is 0 Å². The summed E-state index contributed by atoms with van der Waals surface area (Å²) in [5.74, 6) is -2.58. The van der Waals surface area contributed by atoms with Crippen molar-refractivity contribution in [3.8, 4) is 0 Å². The third kappa shape index (κ3) is 5.01. The highest BCUT2D eigenvalue weighted by Gasteiger charge is 2.20. The van der Waals surface area contributed by atoms with Crippen molar-refractivity contribution in [1.82, 2.24) is 0 Å². The van der Waals surface area contributed by atoms with Crippen LogP contribution in [-0.2, 0) is 21.2 Å². The van der Waals surface area contributed by atoms with E-state index in [0.717, 1.165) is 24.0 Å². The molecule has 0 aromatic heterocycles. The lowest BCUT2D eigenvalue weighted by Crippen LogP contribution is -2.33. The maximum atomic E-state index is 13.2. The number of hydrogen-bond acceptors (Lipinski definition) is 3. The van der Waals surface area contributed by atoms with E-state index in [2.05, 4.69) is 5.32 Å². The molecule has 1 amide bonds. The first-order valence-electron chi connectivity index (χ1n) is 8.03. The summed E-state index contributed by atoms with van der Waals surface area (Å²) in [7, 11) is -3.59. The van der Waals surface area contributed by atoms with Crippen LogP contribution in [0.15, 0.2) is 42.5 Å². The van der Waals surface area contributed by atoms with Crippen molar-refractivity contribution >= 4 is 27.3 Å². The first-order valence-corrected chi connectivity index (χ1v) is 9.87. The minimum atomic E-state index is -3.59. The second-order valence-electron chi connectivity index (χ2n) is 5.74. The SMILES string of the molecule is CCc1ccccc1N(CCC(=O)Nc1ccc(F)c(F)c1)S(C)(=O)=O. The molecule has 0 fully saturated rings. The summed E-state index contributed by atoms with van der Waals surface area (Å²) in [5.41, 5.74) is 1.48. The molecule has 0 aliphatic heterocycles. The van der Waals surface area contributed by atoms with Gasteiger partial charge in [0.1, 0.15) is 0 Å². The summed E-state index contributed by atoms with van der Waals surface area (Å²) in [4.78, 5) is 12.1. The molecule has 0 aliphatic carbocycles. The molecule has 1 N–H and O–H groups in total. The number of carbonyl (C=O) groups excluding carboxylic acids is 1. The molecule has 0 heterocycles. The quantitative estimate of drug-likeness (QED) is 0.799. The molecule has 0 radical (unpaired) electrons. The van der Waals surface area contributed by atoms with Crippen LogP contribution in [0.1, 0.15) is 18.9 Å². The lowest BCUT2D eigenvalue weighted by Gasteiger charge is -2.24. The lowest BCUT2D eigenvalue weighted by molar-refractivity contribution is -0.116. The van der Waals surface area contributed by atoms with Gasteiger partial charge in [0.05, 0.1) is 11.9 Å². The molecular weight excluding hydrogens is 362 g/mol. The molecule has 0 bridgehead atoms. The first-order chi connectivity index (χ1) is 12.2. The molecule has 0 atom stereocenters. The zero-order valence-electron chi connectivity index (χ0n) is 14.5. The maximum Gasteiger partial charge on any atom is 0.232 e. The molecule has 0 saturated carbocycles. The van der Waals surface area contributed by atoms with E-state index in [0.29, 0.717) is 12.1 Å². The van der Waals surface area contributed by atoms with Gasteiger partial charge in [0.2, 0.25) is 15.9 Å². The fourth-order valence-corrected chi connectivity index (χ4v) is 3.48. The Hall–Kier alpha value is -2.48. The molecule has 26 heavy (non-hydrogen) atoms. The molecule has 0 unspecified atom stereocenters. The number of aryl methyl sites for hydroxylation is 1. The van der Waals surface area contributed by atoms with E-state index in [4.69, 9.17) is 0 Å². The zero-order valence-corrected chi connectivity index (χ0v) is 15.3. The van der Waals surface area contributed by atoms with Gasteiger partial charge in [-0.1, -0.05) is 25.1 Å². The van der Waals surface area contributed by atoms with Gasteiger partial charge in [0.25, 0.3) is 0 Å². The number of halogens is 2. The fourth-order valence-electron chi connectivity index (χ4n) is 2.52. The van der Waals surface area contributed by atoms with Crippen LogP contribution in [0.25, 0.3) is 0 Å². The van der Waals surface area contributed by atoms with Crippen molar-refractivity contribution in [2.45, 2.75) is 19.8 Å². The molecule has 8 heteroatoms. The van der Waals surface area contributed by atoms with E-state index < -0.39 is 27.6 Å². The highest BCUT2D eigenvalue weighted by Crippen LogP contribution is 2.23. The van der Waals surface area contributed by atoms with Crippen LogP contribution in [0.5, 0.6) is 0 Å². The van der Waals surface area contributed by atoms with E-state index in [9.17, 15) is 22.0 Å². The number of sulfonamides is 1. The van der Waals surface area contributed by atoms with Crippen LogP contribution in [-0.4, -0.2) is 27.1 Å². The Morgan fingerprint density at radius 2 is 1.81 bits per heavy atom. The smallest absolute Gasteiger partial charge is 0.232 e. The van der Waals surface area contributed by atoms with E-state index in [1.54, 1.807) is 12.1 Å². The number of rotatable bonds is 7. The van der Waals surface area contributed by atoms with Gasteiger partial charge in [-0.25, -0.2) is 17.2 Å². The Bertz CT molecular complexity index is 901. The van der Waals surface area contributed by atoms with Crippen LogP contribution in [0.4, 0.5) is 20.2 Å². The second-order valence-corrected chi connectivity index (χ2v) is 7.65. The topological polar surface area (TPSA) is 66.5 Å². The number of anilines is 2. The van der Waals surface area contributed by atoms with Crippen molar-refractivity contribution in [1.29, 1.82) is 0 Å². The third-order valence-electron chi connectivity index (χ3n) is 3.79. The van der Waals surface area contributed by atoms with Crippen molar-refractivity contribution in [3.05, 3.63) is 59.7 Å². The molecule has 140 valence electrons. The summed E-state index contributed by atoms with van der Waals surface area (Å²) in [5, 5.41) is 2.43. The second kappa shape index (κ2) is 8.27. The number of nitrogens with one attached hydrogen (secondary N) is 1. The van der Waals surface area contributed by atoms with Crippen LogP contribution >= 0.6 is 0 Å². The average Bonchev–Trinajstić information content (AvgIpc) is 2.57. The first kappa shape index (κ1) is 19.8. The number of amides is 1. The standard InChI is InChI=1S/C18H20F2N2O3S/c1-3-13-6-4-5-7-17(13)22(26(2,24)25)11-10-18(23)21-14-8-9-15(19)16(20)12-14/h4-9,12H,3,10-11H2,1-2H3,(H,21,23). The zero-order chi connectivity index (χ0) is 19.3. The van der Waals surface area contributed by atoms with Crippen LogP contribution in [0, 0.1) is 11.6 Å². The molecule has 0 spiro atoms. The predicted octanol–water partition coefficient (Wildman–Crippen LogP) is 3.32. The minimum Gasteiger partial charge on any atom is -0.326 e. The monoisotopic (exact) mass is 382 g/mol. The summed E-state index contributed by atoms with van der Waals surface area (Å²) < 4.78 is 51.6. The number of nitrogens with zero attached hydrogens (tertiary/aromatic N) is 1. The maximum absolute atomic E-state index is 13.2. The molecule has 5 nitrogen and oxygen atoms in total. The average molecular weight is 382 g/mol. The molecule has 2 aromatic rings. The van der Waals surface area contributed by atoms with Gasteiger partial charge in [-0.3, -0.25) is 9.10 Å². The molecule has 0 aliphatic rings. The normalized spacial score (nSPS) is 11.2. The van der Waals surface area contributed by atoms with Gasteiger partial charge in [0, 0.05) is 24.7 Å². The number of carbonyl (C=O) groups is 1. The highest BCUT2D eigenvalue weighted by molar-refractivity contribution is 7.92. The number of hydrogen-bond donors (Lipinski definition) is 1. The largest absolute Gasteiger partial charge is 0.326 e. The van der Waals surface area contributed by atoms with Gasteiger partial charge in [-0.2, -0.15) is 0 Å². The van der Waals surface area contributed by atoms with Crippen molar-refractivity contribution in [2.24, 2.45) is 0 Å². The lowest BCUT2D eigenvalue weighted by atomic mass is 10.1. The Kier molecular flexibility index (Phi) is 6.31. The Balaban J connectivity index is 2.12. The van der Waals surface area contributed by atoms with Crippen molar-refractivity contribution in [2.75, 3.05) is 22.4 Å². The van der Waals surface area contributed by atoms with E-state index in [1.807, 2.05) is 19.1 Å². The van der Waals surface area contributed by atoms with Gasteiger partial charge in [-0.05, 0) is 30.2 Å². The van der Waals surface area contributed by atoms with Gasteiger partial charge < -0.3 is 5.32 Å². The third-order valence-corrected chi connectivity index (χ3v) is 4.97. The molecule has 0 saturated heterocycles. The summed E-state index contributed by atoms with van der Waals surface area (Å²) in [6.45, 7) is 1.85. The van der Waals surface area contributed by atoms with Crippen molar-refractivity contribution in [3.63, 3.8) is 0 Å². The molecule has 2 rings (SSSR count). The summed E-state index contributed by atoms with van der Waals surface area (Å²) >= 11 is 0. The molecule has 2 aromatic carbocycles. The van der Waals surface area contributed by atoms with Gasteiger partial charge in [0.15, 0.2) is 11.6 Å².